The lowest BCUT2D eigenvalue weighted by atomic mass is 9.97. The number of carbonyl (C=O) groups is 2. The van der Waals surface area contributed by atoms with E-state index in [0.29, 0.717) is 49.4 Å². The summed E-state index contributed by atoms with van der Waals surface area (Å²) >= 11 is 0. The van der Waals surface area contributed by atoms with Gasteiger partial charge in [0, 0.05) is 25.0 Å². The summed E-state index contributed by atoms with van der Waals surface area (Å²) in [6.07, 6.45) is 0.533. The Hall–Kier alpha value is -3.63. The van der Waals surface area contributed by atoms with Gasteiger partial charge in [0.25, 0.3) is 5.91 Å². The molecule has 0 spiro atoms. The van der Waals surface area contributed by atoms with Gasteiger partial charge in [-0.15, -0.1) is 0 Å². The highest BCUT2D eigenvalue weighted by Gasteiger charge is 2.29. The van der Waals surface area contributed by atoms with Gasteiger partial charge in [-0.05, 0) is 42.3 Å². The number of hydrogen-bond donors (Lipinski definition) is 2. The molecular formula is C27H29N3O6S. The van der Waals surface area contributed by atoms with E-state index >= 15 is 0 Å². The summed E-state index contributed by atoms with van der Waals surface area (Å²) in [5, 5.41) is 4.20. The van der Waals surface area contributed by atoms with Gasteiger partial charge in [0.15, 0.2) is 11.5 Å². The number of carbonyl (C=O) groups excluding carboxylic acids is 2. The van der Waals surface area contributed by atoms with E-state index in [4.69, 9.17) is 9.47 Å². The van der Waals surface area contributed by atoms with Gasteiger partial charge in [-0.25, -0.2) is 13.1 Å². The molecular weight excluding hydrogens is 494 g/mol. The monoisotopic (exact) mass is 523 g/mol. The maximum absolute atomic E-state index is 13.0. The van der Waals surface area contributed by atoms with Crippen LogP contribution < -0.4 is 19.5 Å². The van der Waals surface area contributed by atoms with Crippen molar-refractivity contribution in [3.63, 3.8) is 0 Å². The molecule has 37 heavy (non-hydrogen) atoms. The molecule has 0 bridgehead atoms. The highest BCUT2D eigenvalue weighted by molar-refractivity contribution is 7.89. The zero-order valence-corrected chi connectivity index (χ0v) is 21.1. The standard InChI is InChI=1S/C27H29N3O6S/c31-26(17-28-27(32)24-18-35-22-9-3-4-10-23(22)36-24)30-14-12-19(13-15-30)16-29-37(33,34)25-11-5-7-20-6-1-2-8-21(20)25/h1-11,19,24,29H,12-18H2,(H,28,32). The minimum Gasteiger partial charge on any atom is -0.485 e. The second-order valence-electron chi connectivity index (χ2n) is 9.24. The second-order valence-corrected chi connectivity index (χ2v) is 11.0. The average molecular weight is 524 g/mol. The van der Waals surface area contributed by atoms with E-state index in [9.17, 15) is 18.0 Å². The predicted octanol–water partition coefficient (Wildman–Crippen LogP) is 2.31. The molecule has 3 aromatic carbocycles. The van der Waals surface area contributed by atoms with E-state index in [2.05, 4.69) is 10.0 Å². The first-order chi connectivity index (χ1) is 17.9. The minimum absolute atomic E-state index is 0.0805. The molecule has 1 atom stereocenters. The van der Waals surface area contributed by atoms with Crippen LogP contribution in [0.1, 0.15) is 12.8 Å². The fourth-order valence-corrected chi connectivity index (χ4v) is 6.00. The van der Waals surface area contributed by atoms with Crippen molar-refractivity contribution >= 4 is 32.6 Å². The summed E-state index contributed by atoms with van der Waals surface area (Å²) in [6.45, 7) is 1.28. The molecule has 0 aromatic heterocycles. The van der Waals surface area contributed by atoms with Crippen LogP contribution in [0.4, 0.5) is 0 Å². The van der Waals surface area contributed by atoms with Crippen LogP contribution in [-0.4, -0.2) is 64.0 Å². The molecule has 5 rings (SSSR count). The van der Waals surface area contributed by atoms with E-state index in [1.165, 1.54) is 0 Å². The van der Waals surface area contributed by atoms with Crippen LogP contribution >= 0.6 is 0 Å². The van der Waals surface area contributed by atoms with Gasteiger partial charge in [0.2, 0.25) is 22.0 Å². The molecule has 0 radical (unpaired) electrons. The van der Waals surface area contributed by atoms with Crippen molar-refractivity contribution in [1.29, 1.82) is 0 Å². The number of hydrogen-bond acceptors (Lipinski definition) is 6. The fraction of sp³-hybridized carbons (Fsp3) is 0.333. The minimum atomic E-state index is -3.66. The maximum Gasteiger partial charge on any atom is 0.265 e. The molecule has 194 valence electrons. The third kappa shape index (κ3) is 5.70. The van der Waals surface area contributed by atoms with Crippen LogP contribution in [-0.2, 0) is 19.6 Å². The van der Waals surface area contributed by atoms with Crippen molar-refractivity contribution in [2.75, 3.05) is 32.8 Å². The number of sulfonamides is 1. The largest absolute Gasteiger partial charge is 0.485 e. The lowest BCUT2D eigenvalue weighted by molar-refractivity contribution is -0.136. The van der Waals surface area contributed by atoms with E-state index in [0.717, 1.165) is 5.39 Å². The Balaban J connectivity index is 1.07. The molecule has 2 amide bonds. The Bertz CT molecular complexity index is 1400. The number of rotatable bonds is 7. The molecule has 3 aromatic rings. The van der Waals surface area contributed by atoms with Gasteiger partial charge in [-0.1, -0.05) is 48.5 Å². The quantitative estimate of drug-likeness (QED) is 0.491. The number of ether oxygens (including phenoxy) is 2. The Labute approximate surface area is 215 Å². The van der Waals surface area contributed by atoms with E-state index < -0.39 is 22.0 Å². The van der Waals surface area contributed by atoms with Crippen molar-refractivity contribution in [2.24, 2.45) is 5.92 Å². The summed E-state index contributed by atoms with van der Waals surface area (Å²) in [4.78, 5) is 27.1. The van der Waals surface area contributed by atoms with Crippen molar-refractivity contribution < 1.29 is 27.5 Å². The molecule has 0 saturated carbocycles. The van der Waals surface area contributed by atoms with Crippen molar-refractivity contribution in [3.8, 4) is 11.5 Å². The summed E-state index contributed by atoms with van der Waals surface area (Å²) < 4.78 is 39.9. The average Bonchev–Trinajstić information content (AvgIpc) is 2.94. The van der Waals surface area contributed by atoms with Crippen LogP contribution in [0.2, 0.25) is 0 Å². The molecule has 10 heteroatoms. The highest BCUT2D eigenvalue weighted by atomic mass is 32.2. The molecule has 1 fully saturated rings. The molecule has 1 saturated heterocycles. The molecule has 2 N–H and O–H groups in total. The number of piperidine rings is 1. The van der Waals surface area contributed by atoms with Crippen molar-refractivity contribution in [3.05, 3.63) is 66.7 Å². The first-order valence-corrected chi connectivity index (χ1v) is 13.8. The molecule has 2 heterocycles. The molecule has 9 nitrogen and oxygen atoms in total. The number of para-hydroxylation sites is 2. The number of nitrogens with one attached hydrogen (secondary N) is 2. The van der Waals surface area contributed by atoms with E-state index in [1.807, 2.05) is 30.3 Å². The first kappa shape index (κ1) is 25.0. The second kappa shape index (κ2) is 10.8. The molecule has 1 unspecified atom stereocenters. The van der Waals surface area contributed by atoms with Crippen LogP contribution in [0.5, 0.6) is 11.5 Å². The van der Waals surface area contributed by atoms with Crippen LogP contribution in [0.3, 0.4) is 0 Å². The summed E-state index contributed by atoms with van der Waals surface area (Å²) in [7, 11) is -3.66. The third-order valence-corrected chi connectivity index (χ3v) is 8.27. The first-order valence-electron chi connectivity index (χ1n) is 12.3. The zero-order chi connectivity index (χ0) is 25.8. The van der Waals surface area contributed by atoms with Gasteiger partial charge in [0.05, 0.1) is 11.4 Å². The lowest BCUT2D eigenvalue weighted by Crippen LogP contribution is -2.49. The maximum atomic E-state index is 13.0. The smallest absolute Gasteiger partial charge is 0.265 e. The van der Waals surface area contributed by atoms with Gasteiger partial charge in [-0.3, -0.25) is 9.59 Å². The highest BCUT2D eigenvalue weighted by Crippen LogP contribution is 2.31. The van der Waals surface area contributed by atoms with Crippen LogP contribution in [0.15, 0.2) is 71.6 Å². The Morgan fingerprint density at radius 1 is 0.919 bits per heavy atom. The molecule has 2 aliphatic rings. The fourth-order valence-electron chi connectivity index (χ4n) is 4.66. The number of benzene rings is 3. The van der Waals surface area contributed by atoms with Gasteiger partial charge in [0.1, 0.15) is 6.61 Å². The van der Waals surface area contributed by atoms with Crippen LogP contribution in [0, 0.1) is 5.92 Å². The lowest BCUT2D eigenvalue weighted by Gasteiger charge is -2.32. The molecule has 0 aliphatic carbocycles. The number of likely N-dealkylation sites (tertiary alicyclic amines) is 1. The van der Waals surface area contributed by atoms with Gasteiger partial charge in [-0.2, -0.15) is 0 Å². The summed E-state index contributed by atoms with van der Waals surface area (Å²) in [5.74, 6) is 0.625. The van der Waals surface area contributed by atoms with Crippen molar-refractivity contribution in [1.82, 2.24) is 14.9 Å². The normalized spacial score (nSPS) is 17.9. The van der Waals surface area contributed by atoms with E-state index in [1.54, 1.807) is 41.3 Å². The summed E-state index contributed by atoms with van der Waals surface area (Å²) in [6, 6.07) is 19.8. The SMILES string of the molecule is O=C(NCC(=O)N1CCC(CNS(=O)(=O)c2cccc3ccccc23)CC1)C1COc2ccccc2O1. The topological polar surface area (TPSA) is 114 Å². The Kier molecular flexibility index (Phi) is 7.29. The predicted molar refractivity (Wildman–Crippen MR) is 138 cm³/mol. The molecule has 2 aliphatic heterocycles. The Morgan fingerprint density at radius 2 is 1.62 bits per heavy atom. The van der Waals surface area contributed by atoms with Gasteiger partial charge >= 0.3 is 0 Å². The van der Waals surface area contributed by atoms with Gasteiger partial charge < -0.3 is 19.7 Å². The number of amides is 2. The van der Waals surface area contributed by atoms with Crippen LogP contribution in [0.25, 0.3) is 10.8 Å². The van der Waals surface area contributed by atoms with Crippen molar-refractivity contribution in [2.45, 2.75) is 23.8 Å². The number of nitrogens with zero attached hydrogens (tertiary/aromatic N) is 1. The van der Waals surface area contributed by atoms with E-state index in [-0.39, 0.29) is 29.9 Å². The number of fused-ring (bicyclic) bond motifs is 2. The third-order valence-electron chi connectivity index (χ3n) is 6.78. The zero-order valence-electron chi connectivity index (χ0n) is 20.3. The summed E-state index contributed by atoms with van der Waals surface area (Å²) in [5.41, 5.74) is 0. The Morgan fingerprint density at radius 3 is 2.43 bits per heavy atom.